The third-order valence-corrected chi connectivity index (χ3v) is 2.03. The first kappa shape index (κ1) is 13.4. The van der Waals surface area contributed by atoms with E-state index in [-0.39, 0.29) is 19.0 Å². The molecule has 1 aromatic rings. The van der Waals surface area contributed by atoms with Gasteiger partial charge >= 0.3 is 5.97 Å². The maximum Gasteiger partial charge on any atom is 0.312 e. The zero-order valence-electron chi connectivity index (χ0n) is 9.70. The Kier molecular flexibility index (Phi) is 4.87. The number of benzene rings is 1. The lowest BCUT2D eigenvalue weighted by molar-refractivity contribution is -0.148. The monoisotopic (exact) mass is 244 g/mol. The first-order valence-electron chi connectivity index (χ1n) is 5.28. The highest BCUT2D eigenvalue weighted by molar-refractivity contribution is 5.72. The molecule has 0 N–H and O–H groups in total. The normalized spacial score (nSPS) is 12.0. The number of hydrogen-bond donors (Lipinski definition) is 0. The predicted molar refractivity (Wildman–Crippen MR) is 57.7 cm³/mol. The molecule has 0 spiro atoms. The van der Waals surface area contributed by atoms with Crippen molar-refractivity contribution >= 4 is 5.97 Å². The van der Waals surface area contributed by atoms with Crippen LogP contribution in [0.2, 0.25) is 0 Å². The minimum atomic E-state index is -0.719. The van der Waals surface area contributed by atoms with Crippen molar-refractivity contribution in [3.8, 4) is 5.75 Å². The van der Waals surface area contributed by atoms with Crippen LogP contribution in [0.5, 0.6) is 5.75 Å². The fourth-order valence-corrected chi connectivity index (χ4v) is 1.19. The lowest BCUT2D eigenvalue weighted by atomic mass is 10.2. The number of carbonyl (C=O) groups excluding carboxylic acids is 1. The minimum absolute atomic E-state index is 0.0156. The fourth-order valence-electron chi connectivity index (χ4n) is 1.19. The number of carbonyl (C=O) groups is 1. The summed E-state index contributed by atoms with van der Waals surface area (Å²) in [6, 6.07) is 2.86. The third kappa shape index (κ3) is 4.38. The van der Waals surface area contributed by atoms with Gasteiger partial charge in [-0.15, -0.1) is 0 Å². The number of ether oxygens (including phenoxy) is 2. The summed E-state index contributed by atoms with van der Waals surface area (Å²) < 4.78 is 35.5. The third-order valence-electron chi connectivity index (χ3n) is 2.03. The maximum absolute atomic E-state index is 12.8. The molecule has 0 bridgehead atoms. The van der Waals surface area contributed by atoms with Gasteiger partial charge in [0, 0.05) is 18.2 Å². The molecule has 0 aliphatic heterocycles. The van der Waals surface area contributed by atoms with Crippen LogP contribution in [-0.4, -0.2) is 19.2 Å². The molecule has 1 aromatic carbocycles. The molecule has 0 aromatic heterocycles. The van der Waals surface area contributed by atoms with E-state index in [2.05, 4.69) is 0 Å². The lowest BCUT2D eigenvalue weighted by Gasteiger charge is -2.12. The van der Waals surface area contributed by atoms with Gasteiger partial charge in [0.15, 0.2) is 0 Å². The van der Waals surface area contributed by atoms with E-state index >= 15 is 0 Å². The summed E-state index contributed by atoms with van der Waals surface area (Å²) in [5.74, 6) is -2.27. The molecule has 0 heterocycles. The summed E-state index contributed by atoms with van der Waals surface area (Å²) >= 11 is 0. The second-order valence-electron chi connectivity index (χ2n) is 3.57. The Labute approximate surface area is 98.3 Å². The van der Waals surface area contributed by atoms with Gasteiger partial charge in [-0.1, -0.05) is 0 Å². The number of halogens is 2. The van der Waals surface area contributed by atoms with Crippen molar-refractivity contribution in [1.82, 2.24) is 0 Å². The Morgan fingerprint density at radius 1 is 1.29 bits per heavy atom. The molecule has 5 heteroatoms. The summed E-state index contributed by atoms with van der Waals surface area (Å²) in [7, 11) is 0. The molecule has 0 amide bonds. The first-order chi connectivity index (χ1) is 8.02. The molecule has 3 nitrogen and oxygen atoms in total. The number of hydrogen-bond acceptors (Lipinski definition) is 3. The van der Waals surface area contributed by atoms with E-state index < -0.39 is 23.5 Å². The number of rotatable bonds is 5. The molecule has 17 heavy (non-hydrogen) atoms. The van der Waals surface area contributed by atoms with Crippen LogP contribution >= 0.6 is 0 Å². The van der Waals surface area contributed by atoms with E-state index in [1.54, 1.807) is 13.8 Å². The molecule has 0 aliphatic carbocycles. The van der Waals surface area contributed by atoms with Crippen LogP contribution in [0.3, 0.4) is 0 Å². The van der Waals surface area contributed by atoms with Crippen LogP contribution in [0.25, 0.3) is 0 Å². The van der Waals surface area contributed by atoms with E-state index in [4.69, 9.17) is 9.47 Å². The van der Waals surface area contributed by atoms with Gasteiger partial charge in [-0.2, -0.15) is 0 Å². The molecule has 1 rings (SSSR count). The molecule has 1 unspecified atom stereocenters. The second kappa shape index (κ2) is 6.18. The van der Waals surface area contributed by atoms with Gasteiger partial charge in [-0.3, -0.25) is 4.79 Å². The Bertz CT molecular complexity index is 373. The molecule has 0 aliphatic rings. The quantitative estimate of drug-likeness (QED) is 0.747. The van der Waals surface area contributed by atoms with Crippen LogP contribution in [0.15, 0.2) is 18.2 Å². The summed E-state index contributed by atoms with van der Waals surface area (Å²) in [5.41, 5.74) is 0. The molecular weight excluding hydrogens is 230 g/mol. The van der Waals surface area contributed by atoms with Crippen molar-refractivity contribution in [2.45, 2.75) is 13.8 Å². The highest BCUT2D eigenvalue weighted by Crippen LogP contribution is 2.16. The van der Waals surface area contributed by atoms with E-state index in [9.17, 15) is 13.6 Å². The Hall–Kier alpha value is -1.65. The standard InChI is InChI=1S/C12H14F2O3/c1-3-16-12(15)8(2)7-17-11-5-9(13)4-10(14)6-11/h4-6,8H,3,7H2,1-2H3. The van der Waals surface area contributed by atoms with Gasteiger partial charge in [-0.05, 0) is 13.8 Å². The lowest BCUT2D eigenvalue weighted by Crippen LogP contribution is -2.21. The van der Waals surface area contributed by atoms with Crippen molar-refractivity contribution in [3.63, 3.8) is 0 Å². The predicted octanol–water partition coefficient (Wildman–Crippen LogP) is 2.54. The van der Waals surface area contributed by atoms with Crippen LogP contribution in [0.4, 0.5) is 8.78 Å². The van der Waals surface area contributed by atoms with E-state index in [0.717, 1.165) is 18.2 Å². The van der Waals surface area contributed by atoms with Gasteiger partial charge in [0.25, 0.3) is 0 Å². The molecule has 0 saturated carbocycles. The average molecular weight is 244 g/mol. The fraction of sp³-hybridized carbons (Fsp3) is 0.417. The molecule has 94 valence electrons. The molecule has 0 saturated heterocycles. The summed E-state index contributed by atoms with van der Waals surface area (Å²) in [5, 5.41) is 0. The van der Waals surface area contributed by atoms with E-state index in [1.807, 2.05) is 0 Å². The van der Waals surface area contributed by atoms with Crippen LogP contribution in [-0.2, 0) is 9.53 Å². The smallest absolute Gasteiger partial charge is 0.312 e. The van der Waals surface area contributed by atoms with Crippen molar-refractivity contribution in [3.05, 3.63) is 29.8 Å². The van der Waals surface area contributed by atoms with Crippen LogP contribution < -0.4 is 4.74 Å². The topological polar surface area (TPSA) is 35.5 Å². The SMILES string of the molecule is CCOC(=O)C(C)COc1cc(F)cc(F)c1. The number of esters is 1. The summed E-state index contributed by atoms with van der Waals surface area (Å²) in [6.45, 7) is 3.63. The largest absolute Gasteiger partial charge is 0.492 e. The maximum atomic E-state index is 12.8. The second-order valence-corrected chi connectivity index (χ2v) is 3.57. The highest BCUT2D eigenvalue weighted by atomic mass is 19.1. The zero-order valence-corrected chi connectivity index (χ0v) is 9.70. The highest BCUT2D eigenvalue weighted by Gasteiger charge is 2.15. The molecule has 0 radical (unpaired) electrons. The molecular formula is C12H14F2O3. The van der Waals surface area contributed by atoms with Crippen LogP contribution in [0.1, 0.15) is 13.8 Å². The molecule has 1 atom stereocenters. The Morgan fingerprint density at radius 2 is 1.88 bits per heavy atom. The van der Waals surface area contributed by atoms with Gasteiger partial charge < -0.3 is 9.47 Å². The van der Waals surface area contributed by atoms with Crippen molar-refractivity contribution < 1.29 is 23.0 Å². The van der Waals surface area contributed by atoms with Gasteiger partial charge in [0.2, 0.25) is 0 Å². The first-order valence-corrected chi connectivity index (χ1v) is 5.28. The van der Waals surface area contributed by atoms with E-state index in [1.165, 1.54) is 0 Å². The Morgan fingerprint density at radius 3 is 2.41 bits per heavy atom. The Balaban J connectivity index is 2.52. The van der Waals surface area contributed by atoms with Crippen molar-refractivity contribution in [1.29, 1.82) is 0 Å². The average Bonchev–Trinajstić information content (AvgIpc) is 2.25. The molecule has 0 fully saturated rings. The van der Waals surface area contributed by atoms with E-state index in [0.29, 0.717) is 0 Å². The van der Waals surface area contributed by atoms with Crippen molar-refractivity contribution in [2.24, 2.45) is 5.92 Å². The zero-order chi connectivity index (χ0) is 12.8. The van der Waals surface area contributed by atoms with Crippen molar-refractivity contribution in [2.75, 3.05) is 13.2 Å². The van der Waals surface area contributed by atoms with Gasteiger partial charge in [0.1, 0.15) is 24.0 Å². The van der Waals surface area contributed by atoms with Gasteiger partial charge in [0.05, 0.1) is 12.5 Å². The minimum Gasteiger partial charge on any atom is -0.492 e. The summed E-state index contributed by atoms with van der Waals surface area (Å²) in [6.07, 6.45) is 0. The van der Waals surface area contributed by atoms with Gasteiger partial charge in [-0.25, -0.2) is 8.78 Å². The summed E-state index contributed by atoms with van der Waals surface area (Å²) in [4.78, 5) is 11.2. The van der Waals surface area contributed by atoms with Crippen LogP contribution in [0, 0.1) is 17.6 Å².